The van der Waals surface area contributed by atoms with E-state index in [1.165, 1.54) is 0 Å². The Balaban J connectivity index is 1.50. The lowest BCUT2D eigenvalue weighted by atomic mass is 9.88. The summed E-state index contributed by atoms with van der Waals surface area (Å²) < 4.78 is 17.7. The molecule has 0 spiro atoms. The average Bonchev–Trinajstić information content (AvgIpc) is 2.89. The molecule has 1 N–H and O–H groups in total. The fourth-order valence-electron chi connectivity index (χ4n) is 4.45. The van der Waals surface area contributed by atoms with Gasteiger partial charge in [0.25, 0.3) is 0 Å². The van der Waals surface area contributed by atoms with Crippen molar-refractivity contribution in [1.29, 1.82) is 0 Å². The average molecular weight is 504 g/mol. The number of hydrogen-bond acceptors (Lipinski definition) is 6. The van der Waals surface area contributed by atoms with Crippen LogP contribution in [0.3, 0.4) is 0 Å². The molecule has 0 saturated carbocycles. The fourth-order valence-corrected chi connectivity index (χ4v) is 4.45. The van der Waals surface area contributed by atoms with Crippen molar-refractivity contribution in [1.82, 2.24) is 15.2 Å². The van der Waals surface area contributed by atoms with Crippen molar-refractivity contribution in [3.05, 3.63) is 83.6 Å². The smallest absolute Gasteiger partial charge is 0.234 e. The second kappa shape index (κ2) is 12.7. The molecule has 0 fully saturated rings. The molecule has 7 nitrogen and oxygen atoms in total. The zero-order valence-electron chi connectivity index (χ0n) is 22.0. The van der Waals surface area contributed by atoms with E-state index in [4.69, 9.17) is 14.2 Å². The summed E-state index contributed by atoms with van der Waals surface area (Å²) in [5.74, 6) is 1.85. The monoisotopic (exact) mass is 503 g/mol. The molecule has 0 radical (unpaired) electrons. The van der Waals surface area contributed by atoms with Crippen molar-refractivity contribution in [3.63, 3.8) is 0 Å². The Morgan fingerprint density at radius 1 is 1.05 bits per heavy atom. The summed E-state index contributed by atoms with van der Waals surface area (Å²) in [6.45, 7) is 7.60. The summed E-state index contributed by atoms with van der Waals surface area (Å²) in [5.41, 5.74) is 3.04. The Kier molecular flexibility index (Phi) is 9.14. The van der Waals surface area contributed by atoms with Gasteiger partial charge in [-0.25, -0.2) is 4.98 Å². The van der Waals surface area contributed by atoms with Crippen LogP contribution in [0, 0.1) is 5.41 Å². The lowest BCUT2D eigenvalue weighted by Crippen LogP contribution is -2.37. The summed E-state index contributed by atoms with van der Waals surface area (Å²) >= 11 is 0. The summed E-state index contributed by atoms with van der Waals surface area (Å²) in [4.78, 5) is 19.7. The third kappa shape index (κ3) is 7.78. The Labute approximate surface area is 219 Å². The van der Waals surface area contributed by atoms with Crippen molar-refractivity contribution >= 4 is 5.91 Å². The van der Waals surface area contributed by atoms with Gasteiger partial charge in [-0.15, -0.1) is 0 Å². The highest BCUT2D eigenvalue weighted by Gasteiger charge is 2.23. The van der Waals surface area contributed by atoms with Crippen LogP contribution in [-0.2, 0) is 29.2 Å². The highest BCUT2D eigenvalue weighted by Crippen LogP contribution is 2.34. The molecule has 0 unspecified atom stereocenters. The highest BCUT2D eigenvalue weighted by atomic mass is 16.5. The molecule has 0 aliphatic carbocycles. The van der Waals surface area contributed by atoms with E-state index in [-0.39, 0.29) is 17.9 Å². The number of benzene rings is 2. The van der Waals surface area contributed by atoms with Crippen LogP contribution in [0.25, 0.3) is 0 Å². The van der Waals surface area contributed by atoms with Crippen molar-refractivity contribution in [3.8, 4) is 17.4 Å². The number of amides is 1. The largest absolute Gasteiger partial charge is 0.489 e. The van der Waals surface area contributed by atoms with Gasteiger partial charge in [0.05, 0.1) is 19.8 Å². The van der Waals surface area contributed by atoms with Gasteiger partial charge >= 0.3 is 0 Å². The summed E-state index contributed by atoms with van der Waals surface area (Å²) in [7, 11) is 1.68. The molecule has 0 bridgehead atoms. The van der Waals surface area contributed by atoms with Gasteiger partial charge in [-0.1, -0.05) is 56.3 Å². The molecule has 4 rings (SSSR count). The molecule has 3 aromatic rings. The molecule has 1 aliphatic heterocycles. The SMILES string of the molecule is COCc1ccccc1CNC(=O)CN1CCCC(C)(C)COc2ccccc2Oc2ncccc2C1. The molecule has 1 aliphatic rings. The molecule has 37 heavy (non-hydrogen) atoms. The first-order chi connectivity index (χ1) is 17.9. The van der Waals surface area contributed by atoms with Gasteiger partial charge in [-0.2, -0.15) is 0 Å². The molecule has 0 atom stereocenters. The number of methoxy groups -OCH3 is 1. The van der Waals surface area contributed by atoms with Crippen LogP contribution in [0.5, 0.6) is 17.4 Å². The predicted octanol–water partition coefficient (Wildman–Crippen LogP) is 5.34. The first kappa shape index (κ1) is 26.6. The van der Waals surface area contributed by atoms with E-state index >= 15 is 0 Å². The van der Waals surface area contributed by atoms with E-state index in [0.717, 1.165) is 36.1 Å². The Hall–Kier alpha value is -3.42. The molecule has 2 heterocycles. The number of fused-ring (bicyclic) bond motifs is 2. The molecule has 7 heteroatoms. The van der Waals surface area contributed by atoms with Gasteiger partial charge < -0.3 is 19.5 Å². The van der Waals surface area contributed by atoms with Gasteiger partial charge in [-0.3, -0.25) is 9.69 Å². The number of para-hydroxylation sites is 2. The fraction of sp³-hybridized carbons (Fsp3) is 0.400. The van der Waals surface area contributed by atoms with E-state index in [2.05, 4.69) is 29.0 Å². The predicted molar refractivity (Wildman–Crippen MR) is 144 cm³/mol. The van der Waals surface area contributed by atoms with Gasteiger partial charge in [0.1, 0.15) is 0 Å². The van der Waals surface area contributed by atoms with Crippen LogP contribution in [0.4, 0.5) is 0 Å². The van der Waals surface area contributed by atoms with Crippen LogP contribution in [0.2, 0.25) is 0 Å². The second-order valence-corrected chi connectivity index (χ2v) is 10.3. The Morgan fingerprint density at radius 3 is 2.62 bits per heavy atom. The number of nitrogens with one attached hydrogen (secondary N) is 1. The minimum Gasteiger partial charge on any atom is -0.489 e. The normalized spacial score (nSPS) is 16.0. The number of rotatable bonds is 6. The van der Waals surface area contributed by atoms with Crippen molar-refractivity contribution in [2.24, 2.45) is 5.41 Å². The zero-order valence-corrected chi connectivity index (χ0v) is 22.0. The molecular formula is C30H37N3O4. The minimum absolute atomic E-state index is 0.0177. The van der Waals surface area contributed by atoms with E-state index in [1.54, 1.807) is 13.3 Å². The topological polar surface area (TPSA) is 72.9 Å². The first-order valence-electron chi connectivity index (χ1n) is 12.8. The van der Waals surface area contributed by atoms with E-state index in [1.807, 2.05) is 60.7 Å². The Morgan fingerprint density at radius 2 is 1.81 bits per heavy atom. The quantitative estimate of drug-likeness (QED) is 0.490. The maximum Gasteiger partial charge on any atom is 0.234 e. The maximum atomic E-state index is 13.0. The van der Waals surface area contributed by atoms with Crippen LogP contribution in [0.15, 0.2) is 66.9 Å². The number of nitrogens with zero attached hydrogens (tertiary/aromatic N) is 2. The van der Waals surface area contributed by atoms with Gasteiger partial charge in [0.2, 0.25) is 11.8 Å². The van der Waals surface area contributed by atoms with E-state index < -0.39 is 0 Å². The van der Waals surface area contributed by atoms with Gasteiger partial charge in [0, 0.05) is 32.0 Å². The Bertz CT molecular complexity index is 1180. The van der Waals surface area contributed by atoms with E-state index in [9.17, 15) is 4.79 Å². The standard InChI is InChI=1S/C30H37N3O4/c1-30(2)15-9-17-33(20-28(34)32-18-23-10-4-5-11-25(23)21-35-3)19-24-12-8-16-31-29(24)37-27-14-7-6-13-26(27)36-22-30/h4-8,10-14,16H,9,15,17-22H2,1-3H3,(H,32,34). The molecular weight excluding hydrogens is 466 g/mol. The molecule has 2 aromatic carbocycles. The summed E-state index contributed by atoms with van der Waals surface area (Å²) in [5, 5.41) is 3.09. The van der Waals surface area contributed by atoms with Crippen molar-refractivity contribution in [2.45, 2.75) is 46.4 Å². The van der Waals surface area contributed by atoms with E-state index in [0.29, 0.717) is 43.7 Å². The highest BCUT2D eigenvalue weighted by molar-refractivity contribution is 5.78. The number of hydrogen-bond donors (Lipinski definition) is 1. The molecule has 196 valence electrons. The molecule has 0 saturated heterocycles. The van der Waals surface area contributed by atoms with Crippen molar-refractivity contribution < 1.29 is 19.0 Å². The van der Waals surface area contributed by atoms with Crippen LogP contribution in [0.1, 0.15) is 43.4 Å². The molecule has 1 aromatic heterocycles. The number of ether oxygens (including phenoxy) is 3. The number of carbonyl (C=O) groups is 1. The number of pyridine rings is 1. The van der Waals surface area contributed by atoms with Crippen molar-refractivity contribution in [2.75, 3.05) is 26.8 Å². The first-order valence-corrected chi connectivity index (χ1v) is 12.8. The summed E-state index contributed by atoms with van der Waals surface area (Å²) in [6, 6.07) is 19.6. The molecule has 1 amide bonds. The lowest BCUT2D eigenvalue weighted by molar-refractivity contribution is -0.122. The minimum atomic E-state index is -0.0226. The van der Waals surface area contributed by atoms with Gasteiger partial charge in [0.15, 0.2) is 11.5 Å². The van der Waals surface area contributed by atoms with Crippen LogP contribution < -0.4 is 14.8 Å². The lowest BCUT2D eigenvalue weighted by Gasteiger charge is -2.27. The third-order valence-corrected chi connectivity index (χ3v) is 6.51. The number of carbonyl (C=O) groups excluding carboxylic acids is 1. The van der Waals surface area contributed by atoms with Crippen LogP contribution in [-0.4, -0.2) is 42.6 Å². The maximum absolute atomic E-state index is 13.0. The third-order valence-electron chi connectivity index (χ3n) is 6.51. The number of aromatic nitrogens is 1. The zero-order chi connectivity index (χ0) is 26.1. The van der Waals surface area contributed by atoms with Crippen LogP contribution >= 0.6 is 0 Å². The second-order valence-electron chi connectivity index (χ2n) is 10.3. The van der Waals surface area contributed by atoms with Gasteiger partial charge in [-0.05, 0) is 54.1 Å². The summed E-state index contributed by atoms with van der Waals surface area (Å²) in [6.07, 6.45) is 3.63.